The number of aromatic nitrogens is 2. The monoisotopic (exact) mass is 377 g/mol. The van der Waals surface area contributed by atoms with Crippen LogP contribution in [0.4, 0.5) is 11.5 Å². The summed E-state index contributed by atoms with van der Waals surface area (Å²) in [6.07, 6.45) is 0.324. The third kappa shape index (κ3) is 4.96. The smallest absolute Gasteiger partial charge is 0.232 e. The van der Waals surface area contributed by atoms with E-state index in [0.29, 0.717) is 23.9 Å². The van der Waals surface area contributed by atoms with E-state index in [0.717, 1.165) is 16.6 Å². The number of thioether (sulfide) groups is 1. The van der Waals surface area contributed by atoms with E-state index in [1.54, 1.807) is 11.9 Å². The second-order valence-electron chi connectivity index (χ2n) is 5.88. The Balaban J connectivity index is 1.80. The molecule has 0 spiro atoms. The van der Waals surface area contributed by atoms with Gasteiger partial charge in [0.05, 0.1) is 23.8 Å². The highest BCUT2D eigenvalue weighted by Crippen LogP contribution is 2.26. The summed E-state index contributed by atoms with van der Waals surface area (Å²) in [4.78, 5) is 22.9. The normalized spacial score (nSPS) is 10.4. The lowest BCUT2D eigenvalue weighted by molar-refractivity contribution is -0.127. The number of carbonyl (C=O) groups excluding carboxylic acids is 1. The standard InChI is InChI=1S/C20H19N5OS/c1-25(13-7-12-21)18(26)14-27-20-23-17-11-6-5-10-16(17)19(24-20)22-15-8-3-2-4-9-15/h2-6,8-11H,7,13-14H2,1H3,(H,22,23,24). The molecular formula is C20H19N5OS. The topological polar surface area (TPSA) is 81.9 Å². The lowest BCUT2D eigenvalue weighted by Gasteiger charge is -2.15. The molecule has 0 aliphatic rings. The third-order valence-corrected chi connectivity index (χ3v) is 4.76. The third-order valence-electron chi connectivity index (χ3n) is 3.93. The number of anilines is 2. The Kier molecular flexibility index (Phi) is 6.23. The van der Waals surface area contributed by atoms with Crippen LogP contribution >= 0.6 is 11.8 Å². The molecule has 7 heteroatoms. The molecule has 1 amide bonds. The number of fused-ring (bicyclic) bond motifs is 1. The van der Waals surface area contributed by atoms with Gasteiger partial charge in [0.2, 0.25) is 5.91 Å². The van der Waals surface area contributed by atoms with Crippen molar-refractivity contribution in [2.45, 2.75) is 11.6 Å². The minimum atomic E-state index is -0.0513. The molecule has 6 nitrogen and oxygen atoms in total. The first kappa shape index (κ1) is 18.7. The number of hydrogen-bond donors (Lipinski definition) is 1. The summed E-state index contributed by atoms with van der Waals surface area (Å²) < 4.78 is 0. The van der Waals surface area contributed by atoms with Crippen LogP contribution in [0.25, 0.3) is 10.9 Å². The number of nitrogens with one attached hydrogen (secondary N) is 1. The number of rotatable bonds is 7. The zero-order valence-electron chi connectivity index (χ0n) is 14.9. The van der Waals surface area contributed by atoms with Crippen LogP contribution in [0, 0.1) is 11.3 Å². The fourth-order valence-corrected chi connectivity index (χ4v) is 3.24. The highest BCUT2D eigenvalue weighted by molar-refractivity contribution is 7.99. The maximum absolute atomic E-state index is 12.2. The highest BCUT2D eigenvalue weighted by Gasteiger charge is 2.13. The number of nitriles is 1. The van der Waals surface area contributed by atoms with Crippen LogP contribution in [0.1, 0.15) is 6.42 Å². The van der Waals surface area contributed by atoms with Gasteiger partial charge in [-0.15, -0.1) is 0 Å². The van der Waals surface area contributed by atoms with Crippen molar-refractivity contribution in [3.05, 3.63) is 54.6 Å². The van der Waals surface area contributed by atoms with Crippen molar-refractivity contribution in [1.29, 1.82) is 5.26 Å². The van der Waals surface area contributed by atoms with Crippen LogP contribution in [-0.4, -0.2) is 40.1 Å². The molecule has 0 fully saturated rings. The van der Waals surface area contributed by atoms with E-state index in [9.17, 15) is 4.79 Å². The number of amides is 1. The van der Waals surface area contributed by atoms with Gasteiger partial charge in [0.25, 0.3) is 0 Å². The molecule has 2 aromatic carbocycles. The molecule has 1 N–H and O–H groups in total. The molecule has 0 atom stereocenters. The number of hydrogen-bond acceptors (Lipinski definition) is 6. The summed E-state index contributed by atoms with van der Waals surface area (Å²) in [5.74, 6) is 0.884. The predicted octanol–water partition coefficient (Wildman–Crippen LogP) is 3.84. The maximum atomic E-state index is 12.2. The van der Waals surface area contributed by atoms with Crippen LogP contribution in [0.3, 0.4) is 0 Å². The minimum Gasteiger partial charge on any atom is -0.344 e. The molecule has 0 aliphatic heterocycles. The van der Waals surface area contributed by atoms with E-state index in [1.165, 1.54) is 11.8 Å². The lowest BCUT2D eigenvalue weighted by atomic mass is 10.2. The SMILES string of the molecule is CN(CCC#N)C(=O)CSc1nc(Nc2ccccc2)c2ccccc2n1. The minimum absolute atomic E-state index is 0.0513. The van der Waals surface area contributed by atoms with Gasteiger partial charge in [0, 0.05) is 24.7 Å². The maximum Gasteiger partial charge on any atom is 0.232 e. The number of para-hydroxylation sites is 2. The molecule has 0 aliphatic carbocycles. The summed E-state index contributed by atoms with van der Waals surface area (Å²) in [5.41, 5.74) is 1.75. The fourth-order valence-electron chi connectivity index (χ4n) is 2.45. The van der Waals surface area contributed by atoms with Crippen molar-refractivity contribution < 1.29 is 4.79 Å². The van der Waals surface area contributed by atoms with Gasteiger partial charge in [-0.25, -0.2) is 9.97 Å². The quantitative estimate of drug-likeness (QED) is 0.498. The van der Waals surface area contributed by atoms with E-state index in [2.05, 4.69) is 15.3 Å². The van der Waals surface area contributed by atoms with Crippen LogP contribution in [-0.2, 0) is 4.79 Å². The molecule has 0 saturated heterocycles. The lowest BCUT2D eigenvalue weighted by Crippen LogP contribution is -2.29. The largest absolute Gasteiger partial charge is 0.344 e. The zero-order valence-corrected chi connectivity index (χ0v) is 15.7. The Morgan fingerprint density at radius 1 is 1.15 bits per heavy atom. The van der Waals surface area contributed by atoms with Crippen LogP contribution in [0.2, 0.25) is 0 Å². The van der Waals surface area contributed by atoms with Gasteiger partial charge in [-0.2, -0.15) is 5.26 Å². The van der Waals surface area contributed by atoms with E-state index >= 15 is 0 Å². The second kappa shape index (κ2) is 9.01. The Morgan fingerprint density at radius 2 is 1.89 bits per heavy atom. The molecule has 3 rings (SSSR count). The summed E-state index contributed by atoms with van der Waals surface area (Å²) in [5, 5.41) is 13.4. The van der Waals surface area contributed by atoms with E-state index in [1.807, 2.05) is 60.7 Å². The fraction of sp³-hybridized carbons (Fsp3) is 0.200. The van der Waals surface area contributed by atoms with Crippen molar-refractivity contribution in [2.24, 2.45) is 0 Å². The van der Waals surface area contributed by atoms with Gasteiger partial charge in [-0.1, -0.05) is 42.1 Å². The van der Waals surface area contributed by atoms with E-state index in [4.69, 9.17) is 5.26 Å². The molecule has 0 bridgehead atoms. The predicted molar refractivity (Wildman–Crippen MR) is 108 cm³/mol. The van der Waals surface area contributed by atoms with Gasteiger partial charge in [0.15, 0.2) is 5.16 Å². The Morgan fingerprint density at radius 3 is 2.67 bits per heavy atom. The number of nitrogens with zero attached hydrogens (tertiary/aromatic N) is 4. The van der Waals surface area contributed by atoms with Crippen molar-refractivity contribution >= 4 is 40.1 Å². The van der Waals surface area contributed by atoms with Crippen molar-refractivity contribution in [3.63, 3.8) is 0 Å². The molecule has 3 aromatic rings. The van der Waals surface area contributed by atoms with Gasteiger partial charge in [-0.3, -0.25) is 4.79 Å². The second-order valence-corrected chi connectivity index (χ2v) is 6.82. The molecule has 136 valence electrons. The first-order valence-corrected chi connectivity index (χ1v) is 9.48. The average Bonchev–Trinajstić information content (AvgIpc) is 2.71. The molecule has 1 aromatic heterocycles. The summed E-state index contributed by atoms with van der Waals surface area (Å²) in [6.45, 7) is 0.426. The molecule has 0 radical (unpaired) electrons. The van der Waals surface area contributed by atoms with E-state index in [-0.39, 0.29) is 11.7 Å². The highest BCUT2D eigenvalue weighted by atomic mass is 32.2. The molecule has 1 heterocycles. The van der Waals surface area contributed by atoms with Gasteiger partial charge in [0.1, 0.15) is 5.82 Å². The zero-order chi connectivity index (χ0) is 19.1. The number of carbonyl (C=O) groups is 1. The van der Waals surface area contributed by atoms with Crippen molar-refractivity contribution in [1.82, 2.24) is 14.9 Å². The summed E-state index contributed by atoms with van der Waals surface area (Å²) in [7, 11) is 1.70. The molecule has 0 unspecified atom stereocenters. The van der Waals surface area contributed by atoms with E-state index < -0.39 is 0 Å². The summed E-state index contributed by atoms with van der Waals surface area (Å²) >= 11 is 1.29. The van der Waals surface area contributed by atoms with Gasteiger partial charge >= 0.3 is 0 Å². The molecule has 0 saturated carbocycles. The first-order chi connectivity index (χ1) is 13.2. The Bertz CT molecular complexity index is 971. The Labute approximate surface area is 162 Å². The summed E-state index contributed by atoms with van der Waals surface area (Å²) in [6, 6.07) is 19.6. The van der Waals surface area contributed by atoms with Gasteiger partial charge in [-0.05, 0) is 24.3 Å². The Hall–Kier alpha value is -3.11. The molecule has 27 heavy (non-hydrogen) atoms. The van der Waals surface area contributed by atoms with Crippen LogP contribution in [0.5, 0.6) is 0 Å². The van der Waals surface area contributed by atoms with Gasteiger partial charge < -0.3 is 10.2 Å². The first-order valence-electron chi connectivity index (χ1n) is 8.50. The number of benzene rings is 2. The average molecular weight is 377 g/mol. The van der Waals surface area contributed by atoms with Crippen LogP contribution < -0.4 is 5.32 Å². The van der Waals surface area contributed by atoms with Crippen molar-refractivity contribution in [3.8, 4) is 6.07 Å². The molecular weight excluding hydrogens is 358 g/mol. The van der Waals surface area contributed by atoms with Crippen LogP contribution in [0.15, 0.2) is 59.8 Å². The van der Waals surface area contributed by atoms with Crippen molar-refractivity contribution in [2.75, 3.05) is 24.7 Å².